The zero-order valence-corrected chi connectivity index (χ0v) is 15.5. The van der Waals surface area contributed by atoms with Crippen LogP contribution in [-0.4, -0.2) is 17.7 Å². The van der Waals surface area contributed by atoms with E-state index in [9.17, 15) is 4.79 Å². The van der Waals surface area contributed by atoms with Crippen molar-refractivity contribution in [1.29, 1.82) is 0 Å². The van der Waals surface area contributed by atoms with Crippen LogP contribution < -0.4 is 10.1 Å². The highest BCUT2D eigenvalue weighted by Crippen LogP contribution is 2.34. The molecule has 3 aromatic rings. The van der Waals surface area contributed by atoms with E-state index in [-0.39, 0.29) is 5.91 Å². The minimum absolute atomic E-state index is 0.277. The van der Waals surface area contributed by atoms with Crippen molar-refractivity contribution in [2.45, 2.75) is 13.8 Å². The van der Waals surface area contributed by atoms with Gasteiger partial charge in [0.2, 0.25) is 0 Å². The van der Waals surface area contributed by atoms with Gasteiger partial charge in [0.05, 0.1) is 21.0 Å². The number of hydrogen-bond donors (Lipinski definition) is 1. The van der Waals surface area contributed by atoms with Gasteiger partial charge in [-0.25, -0.2) is 0 Å². The molecule has 0 atom stereocenters. The Bertz CT molecular complexity index is 872. The van der Waals surface area contributed by atoms with Crippen LogP contribution >= 0.6 is 27.3 Å². The monoisotopic (exact) mass is 406 g/mol. The topological polar surface area (TPSA) is 64.4 Å². The lowest BCUT2D eigenvalue weighted by atomic mass is 10.1. The maximum absolute atomic E-state index is 12.8. The first-order valence-corrected chi connectivity index (χ1v) is 8.96. The number of thiophene rings is 1. The first kappa shape index (κ1) is 16.7. The molecule has 0 saturated heterocycles. The van der Waals surface area contributed by atoms with Crippen molar-refractivity contribution in [2.75, 3.05) is 11.9 Å². The fraction of sp³-hybridized carbons (Fsp3) is 0.176. The third kappa shape index (κ3) is 3.37. The Morgan fingerprint density at radius 2 is 2.12 bits per heavy atom. The standard InChI is InChI=1S/C17H15BrN2O3S/c1-3-22-12-7-5-4-6-11(12)19-17(21)15-10(2)23-20-16(15)13-8-9-14(18)24-13/h4-9H,3H2,1-2H3,(H,19,21). The van der Waals surface area contributed by atoms with E-state index in [2.05, 4.69) is 26.4 Å². The molecule has 0 fully saturated rings. The second kappa shape index (κ2) is 7.19. The Hall–Kier alpha value is -2.12. The highest BCUT2D eigenvalue weighted by Gasteiger charge is 2.23. The van der Waals surface area contributed by atoms with Crippen molar-refractivity contribution in [1.82, 2.24) is 5.16 Å². The van der Waals surface area contributed by atoms with Gasteiger partial charge in [0.25, 0.3) is 5.91 Å². The van der Waals surface area contributed by atoms with Crippen LogP contribution in [0.2, 0.25) is 0 Å². The van der Waals surface area contributed by atoms with Crippen LogP contribution in [0, 0.1) is 6.92 Å². The van der Waals surface area contributed by atoms with Crippen LogP contribution in [0.3, 0.4) is 0 Å². The van der Waals surface area contributed by atoms with E-state index in [0.29, 0.717) is 35.1 Å². The number of anilines is 1. The Balaban J connectivity index is 1.93. The molecule has 7 heteroatoms. The molecule has 0 saturated carbocycles. The van der Waals surface area contributed by atoms with E-state index in [1.807, 2.05) is 37.3 Å². The summed E-state index contributed by atoms with van der Waals surface area (Å²) in [6.07, 6.45) is 0. The third-order valence-electron chi connectivity index (χ3n) is 3.33. The molecule has 1 N–H and O–H groups in total. The lowest BCUT2D eigenvalue weighted by Crippen LogP contribution is -2.14. The average Bonchev–Trinajstić information content (AvgIpc) is 3.15. The van der Waals surface area contributed by atoms with E-state index < -0.39 is 0 Å². The summed E-state index contributed by atoms with van der Waals surface area (Å²) in [6, 6.07) is 11.1. The Kier molecular flexibility index (Phi) is 5.01. The van der Waals surface area contributed by atoms with Crippen molar-refractivity contribution in [3.8, 4) is 16.3 Å². The normalized spacial score (nSPS) is 10.6. The highest BCUT2D eigenvalue weighted by molar-refractivity contribution is 9.11. The van der Waals surface area contributed by atoms with Crippen LogP contribution in [0.1, 0.15) is 23.0 Å². The molecule has 124 valence electrons. The summed E-state index contributed by atoms with van der Waals surface area (Å²) in [5.41, 5.74) is 1.58. The summed E-state index contributed by atoms with van der Waals surface area (Å²) in [4.78, 5) is 13.6. The fourth-order valence-electron chi connectivity index (χ4n) is 2.29. The van der Waals surface area contributed by atoms with Gasteiger partial charge in [0.1, 0.15) is 22.8 Å². The molecule has 0 aliphatic carbocycles. The summed E-state index contributed by atoms with van der Waals surface area (Å²) < 4.78 is 11.8. The van der Waals surface area contributed by atoms with Gasteiger partial charge < -0.3 is 14.6 Å². The van der Waals surface area contributed by atoms with Crippen molar-refractivity contribution in [3.63, 3.8) is 0 Å². The molecule has 5 nitrogen and oxygen atoms in total. The smallest absolute Gasteiger partial charge is 0.261 e. The molecule has 2 heterocycles. The molecule has 2 aromatic heterocycles. The Morgan fingerprint density at radius 3 is 2.83 bits per heavy atom. The zero-order valence-electron chi connectivity index (χ0n) is 13.1. The summed E-state index contributed by atoms with van der Waals surface area (Å²) in [5, 5.41) is 6.93. The molecule has 0 unspecified atom stereocenters. The number of para-hydroxylation sites is 2. The minimum Gasteiger partial charge on any atom is -0.492 e. The molecule has 0 spiro atoms. The second-order valence-electron chi connectivity index (χ2n) is 4.95. The van der Waals surface area contributed by atoms with E-state index in [4.69, 9.17) is 9.26 Å². The number of aryl methyl sites for hydroxylation is 1. The summed E-state index contributed by atoms with van der Waals surface area (Å²) in [7, 11) is 0. The largest absolute Gasteiger partial charge is 0.492 e. The predicted molar refractivity (Wildman–Crippen MR) is 97.8 cm³/mol. The molecular formula is C17H15BrN2O3S. The number of amides is 1. The molecule has 0 aliphatic rings. The molecule has 0 aliphatic heterocycles. The third-order valence-corrected chi connectivity index (χ3v) is 4.96. The lowest BCUT2D eigenvalue weighted by molar-refractivity contribution is 0.102. The van der Waals surface area contributed by atoms with E-state index in [0.717, 1.165) is 8.66 Å². The number of halogens is 1. The van der Waals surface area contributed by atoms with Crippen LogP contribution in [0.4, 0.5) is 5.69 Å². The second-order valence-corrected chi connectivity index (χ2v) is 7.41. The average molecular weight is 407 g/mol. The Labute approximate surface area is 151 Å². The fourth-order valence-corrected chi connectivity index (χ4v) is 3.66. The highest BCUT2D eigenvalue weighted by atomic mass is 79.9. The number of benzene rings is 1. The molecule has 1 amide bonds. The van der Waals surface area contributed by atoms with Crippen molar-refractivity contribution >= 4 is 38.9 Å². The first-order chi connectivity index (χ1) is 11.6. The summed E-state index contributed by atoms with van der Waals surface area (Å²) in [6.45, 7) is 4.14. The number of carbonyl (C=O) groups excluding carboxylic acids is 1. The van der Waals surface area contributed by atoms with E-state index in [1.165, 1.54) is 11.3 Å². The molecule has 3 rings (SSSR count). The van der Waals surface area contributed by atoms with Gasteiger partial charge in [-0.1, -0.05) is 17.3 Å². The SMILES string of the molecule is CCOc1ccccc1NC(=O)c1c(-c2ccc(Br)s2)noc1C. The van der Waals surface area contributed by atoms with Gasteiger partial charge in [0, 0.05) is 0 Å². The number of nitrogens with zero attached hydrogens (tertiary/aromatic N) is 1. The summed E-state index contributed by atoms with van der Waals surface area (Å²) in [5.74, 6) is 0.823. The van der Waals surface area contributed by atoms with Gasteiger partial charge in [-0.05, 0) is 54.0 Å². The molecular weight excluding hydrogens is 392 g/mol. The van der Waals surface area contributed by atoms with Crippen molar-refractivity contribution < 1.29 is 14.1 Å². The molecule has 1 aromatic carbocycles. The maximum Gasteiger partial charge on any atom is 0.261 e. The van der Waals surface area contributed by atoms with Crippen LogP contribution in [0.25, 0.3) is 10.6 Å². The molecule has 24 heavy (non-hydrogen) atoms. The molecule has 0 radical (unpaired) electrons. The van der Waals surface area contributed by atoms with Gasteiger partial charge in [-0.2, -0.15) is 0 Å². The quantitative estimate of drug-likeness (QED) is 0.637. The van der Waals surface area contributed by atoms with Crippen molar-refractivity contribution in [3.05, 3.63) is 51.5 Å². The Morgan fingerprint density at radius 1 is 1.33 bits per heavy atom. The van der Waals surface area contributed by atoms with Crippen LogP contribution in [0.15, 0.2) is 44.7 Å². The van der Waals surface area contributed by atoms with E-state index in [1.54, 1.807) is 13.0 Å². The predicted octanol–water partition coefficient (Wildman–Crippen LogP) is 5.13. The van der Waals surface area contributed by atoms with E-state index >= 15 is 0 Å². The van der Waals surface area contributed by atoms with Crippen LogP contribution in [0.5, 0.6) is 5.75 Å². The number of hydrogen-bond acceptors (Lipinski definition) is 5. The van der Waals surface area contributed by atoms with Gasteiger partial charge in [-0.15, -0.1) is 11.3 Å². The number of ether oxygens (including phenoxy) is 1. The zero-order chi connectivity index (χ0) is 17.1. The van der Waals surface area contributed by atoms with Crippen LogP contribution in [-0.2, 0) is 0 Å². The molecule has 0 bridgehead atoms. The van der Waals surface area contributed by atoms with Crippen molar-refractivity contribution in [2.24, 2.45) is 0 Å². The first-order valence-electron chi connectivity index (χ1n) is 7.35. The van der Waals surface area contributed by atoms with Gasteiger partial charge in [-0.3, -0.25) is 4.79 Å². The van der Waals surface area contributed by atoms with Gasteiger partial charge >= 0.3 is 0 Å². The maximum atomic E-state index is 12.8. The number of aromatic nitrogens is 1. The number of rotatable bonds is 5. The minimum atomic E-state index is -0.277. The lowest BCUT2D eigenvalue weighted by Gasteiger charge is -2.11. The number of carbonyl (C=O) groups is 1. The summed E-state index contributed by atoms with van der Waals surface area (Å²) >= 11 is 4.91. The number of nitrogens with one attached hydrogen (secondary N) is 1. The van der Waals surface area contributed by atoms with Gasteiger partial charge in [0.15, 0.2) is 0 Å².